The first-order chi connectivity index (χ1) is 12.2. The van der Waals surface area contributed by atoms with Crippen molar-refractivity contribution in [3.63, 3.8) is 0 Å². The molecule has 0 spiro atoms. The molecule has 0 saturated carbocycles. The number of thiophene rings is 1. The number of hydrogen-bond acceptors (Lipinski definition) is 6. The van der Waals surface area contributed by atoms with E-state index in [4.69, 9.17) is 0 Å². The fraction of sp³-hybridized carbons (Fsp3) is 0.312. The highest BCUT2D eigenvalue weighted by Crippen LogP contribution is 2.35. The average Bonchev–Trinajstić information content (AvgIpc) is 3.24. The molecule has 2 N–H and O–H groups in total. The molecule has 0 amide bonds. The van der Waals surface area contributed by atoms with Gasteiger partial charge in [0.2, 0.25) is 10.0 Å². The predicted molar refractivity (Wildman–Crippen MR) is 102 cm³/mol. The lowest BCUT2D eigenvalue weighted by atomic mass is 10.1. The topological polar surface area (TPSA) is 109 Å². The summed E-state index contributed by atoms with van der Waals surface area (Å²) >= 11 is 1.16. The van der Waals surface area contributed by atoms with Gasteiger partial charge in [-0.3, -0.25) is 0 Å². The second kappa shape index (κ2) is 6.15. The smallest absolute Gasteiger partial charge is 0.250 e. The Kier molecular flexibility index (Phi) is 4.18. The molecule has 7 nitrogen and oxygen atoms in total. The van der Waals surface area contributed by atoms with Crippen LogP contribution in [-0.2, 0) is 19.9 Å². The molecule has 1 aliphatic rings. The zero-order valence-corrected chi connectivity index (χ0v) is 16.3. The molecule has 0 radical (unpaired) electrons. The quantitative estimate of drug-likeness (QED) is 0.683. The lowest BCUT2D eigenvalue weighted by Gasteiger charge is -2.09. The summed E-state index contributed by atoms with van der Waals surface area (Å²) in [4.78, 5) is 8.27. The third-order valence-electron chi connectivity index (χ3n) is 4.33. The van der Waals surface area contributed by atoms with Gasteiger partial charge in [-0.05, 0) is 37.6 Å². The molecule has 1 aliphatic heterocycles. The number of aromatic amines is 1. The Balaban J connectivity index is 1.65. The molecule has 0 aromatic carbocycles. The molecule has 138 valence electrons. The fourth-order valence-corrected chi connectivity index (χ4v) is 7.56. The maximum atomic E-state index is 12.6. The molecule has 1 fully saturated rings. The summed E-state index contributed by atoms with van der Waals surface area (Å²) in [6.07, 6.45) is 2.00. The van der Waals surface area contributed by atoms with Crippen LogP contribution in [-0.4, -0.2) is 44.4 Å². The van der Waals surface area contributed by atoms with E-state index in [0.717, 1.165) is 38.5 Å². The number of hydrogen-bond donors (Lipinski definition) is 2. The first-order valence-corrected chi connectivity index (χ1v) is 12.1. The number of nitrogens with one attached hydrogen (secondary N) is 2. The number of aryl methyl sites for hydroxylation is 1. The third-order valence-corrected chi connectivity index (χ3v) is 9.23. The Hall–Kier alpha value is -1.75. The Morgan fingerprint density at radius 2 is 2.12 bits per heavy atom. The highest BCUT2D eigenvalue weighted by molar-refractivity contribution is 7.92. The normalized spacial score (nSPS) is 20.0. The van der Waals surface area contributed by atoms with Crippen LogP contribution in [0.2, 0.25) is 0 Å². The van der Waals surface area contributed by atoms with Gasteiger partial charge in [0.1, 0.15) is 9.86 Å². The van der Waals surface area contributed by atoms with Crippen molar-refractivity contribution in [1.29, 1.82) is 0 Å². The van der Waals surface area contributed by atoms with Gasteiger partial charge in [-0.2, -0.15) is 0 Å². The lowest BCUT2D eigenvalue weighted by Crippen LogP contribution is -2.35. The van der Waals surface area contributed by atoms with Crippen molar-refractivity contribution in [1.82, 2.24) is 14.7 Å². The van der Waals surface area contributed by atoms with Crippen LogP contribution in [0.15, 0.2) is 34.7 Å². The van der Waals surface area contributed by atoms with Crippen molar-refractivity contribution in [3.05, 3.63) is 36.2 Å². The van der Waals surface area contributed by atoms with Crippen LogP contribution in [0.1, 0.15) is 12.1 Å². The minimum Gasteiger partial charge on any atom is -0.344 e. The van der Waals surface area contributed by atoms with Gasteiger partial charge in [0.15, 0.2) is 9.84 Å². The third kappa shape index (κ3) is 3.29. The second-order valence-electron chi connectivity index (χ2n) is 6.41. The van der Waals surface area contributed by atoms with Crippen molar-refractivity contribution in [2.75, 3.05) is 11.5 Å². The Bertz CT molecular complexity index is 1190. The summed E-state index contributed by atoms with van der Waals surface area (Å²) in [6, 6.07) is 6.59. The van der Waals surface area contributed by atoms with Crippen molar-refractivity contribution in [2.45, 2.75) is 23.6 Å². The van der Waals surface area contributed by atoms with Crippen LogP contribution in [0.25, 0.3) is 21.5 Å². The summed E-state index contributed by atoms with van der Waals surface area (Å²) in [6.45, 7) is 1.94. The average molecular weight is 412 g/mol. The fourth-order valence-electron chi connectivity index (χ4n) is 3.15. The van der Waals surface area contributed by atoms with Gasteiger partial charge in [0.05, 0.1) is 11.5 Å². The van der Waals surface area contributed by atoms with Gasteiger partial charge in [-0.25, -0.2) is 26.5 Å². The van der Waals surface area contributed by atoms with Gasteiger partial charge in [0, 0.05) is 33.8 Å². The van der Waals surface area contributed by atoms with Gasteiger partial charge in [-0.1, -0.05) is 0 Å². The molecule has 4 heterocycles. The van der Waals surface area contributed by atoms with E-state index in [-0.39, 0.29) is 15.7 Å². The van der Waals surface area contributed by atoms with E-state index < -0.39 is 25.9 Å². The zero-order valence-electron chi connectivity index (χ0n) is 13.9. The molecule has 0 bridgehead atoms. The Morgan fingerprint density at radius 3 is 2.85 bits per heavy atom. The number of rotatable bonds is 4. The van der Waals surface area contributed by atoms with Crippen LogP contribution in [0.3, 0.4) is 0 Å². The molecule has 0 aliphatic carbocycles. The minimum atomic E-state index is -3.75. The SMILES string of the molecule is Cc1cc2c(-c3ccc(S(=O)(=O)NC4CCS(=O)(=O)C4)s3)ccnc2[nH]1. The van der Waals surface area contributed by atoms with Crippen LogP contribution >= 0.6 is 11.3 Å². The number of fused-ring (bicyclic) bond motifs is 1. The van der Waals surface area contributed by atoms with Crippen molar-refractivity contribution in [3.8, 4) is 10.4 Å². The maximum Gasteiger partial charge on any atom is 0.250 e. The van der Waals surface area contributed by atoms with Crippen molar-refractivity contribution >= 4 is 42.2 Å². The summed E-state index contributed by atoms with van der Waals surface area (Å²) in [5, 5.41) is 0.936. The van der Waals surface area contributed by atoms with E-state index in [9.17, 15) is 16.8 Å². The summed E-state index contributed by atoms with van der Waals surface area (Å²) in [7, 11) is -6.89. The molecule has 4 rings (SSSR count). The van der Waals surface area contributed by atoms with E-state index in [2.05, 4.69) is 14.7 Å². The molecule has 1 unspecified atom stereocenters. The molecular formula is C16H17N3O4S3. The standard InChI is InChI=1S/C16H17N3O4S3/c1-10-8-13-12(4-6-17-16(13)18-10)14-2-3-15(24-14)26(22,23)19-11-5-7-25(20,21)9-11/h2-4,6,8,11,19H,5,7,9H2,1H3,(H,17,18). The molecule has 1 atom stereocenters. The van der Waals surface area contributed by atoms with Crippen LogP contribution in [0.4, 0.5) is 0 Å². The number of nitrogens with zero attached hydrogens (tertiary/aromatic N) is 1. The highest BCUT2D eigenvalue weighted by atomic mass is 32.2. The lowest BCUT2D eigenvalue weighted by molar-refractivity contribution is 0.564. The van der Waals surface area contributed by atoms with E-state index in [1.165, 1.54) is 0 Å². The molecule has 3 aromatic heterocycles. The summed E-state index contributed by atoms with van der Waals surface area (Å²) < 4.78 is 51.0. The van der Waals surface area contributed by atoms with Crippen molar-refractivity contribution < 1.29 is 16.8 Å². The Morgan fingerprint density at radius 1 is 1.31 bits per heavy atom. The number of aromatic nitrogens is 2. The highest BCUT2D eigenvalue weighted by Gasteiger charge is 2.32. The van der Waals surface area contributed by atoms with E-state index in [1.54, 1.807) is 18.3 Å². The number of H-pyrrole nitrogens is 1. The van der Waals surface area contributed by atoms with Crippen LogP contribution in [0, 0.1) is 6.92 Å². The second-order valence-corrected chi connectivity index (χ2v) is 11.7. The number of pyridine rings is 1. The summed E-state index contributed by atoms with van der Waals surface area (Å²) in [5.74, 6) is -0.115. The number of sulfone groups is 1. The Labute approximate surface area is 155 Å². The first-order valence-electron chi connectivity index (χ1n) is 8.01. The first kappa shape index (κ1) is 17.7. The van der Waals surface area contributed by atoms with Gasteiger partial charge >= 0.3 is 0 Å². The largest absolute Gasteiger partial charge is 0.344 e. The van der Waals surface area contributed by atoms with E-state index in [1.807, 2.05) is 19.1 Å². The zero-order chi connectivity index (χ0) is 18.5. The van der Waals surface area contributed by atoms with Gasteiger partial charge in [0.25, 0.3) is 0 Å². The molecule has 1 saturated heterocycles. The minimum absolute atomic E-state index is 0.0255. The molecule has 3 aromatic rings. The molecule has 10 heteroatoms. The van der Waals surface area contributed by atoms with Crippen LogP contribution < -0.4 is 4.72 Å². The summed E-state index contributed by atoms with van der Waals surface area (Å²) in [5.41, 5.74) is 2.65. The molecule has 26 heavy (non-hydrogen) atoms. The van der Waals surface area contributed by atoms with E-state index in [0.29, 0.717) is 6.42 Å². The van der Waals surface area contributed by atoms with Crippen LogP contribution in [0.5, 0.6) is 0 Å². The number of sulfonamides is 1. The van der Waals surface area contributed by atoms with Crippen molar-refractivity contribution in [2.24, 2.45) is 0 Å². The van der Waals surface area contributed by atoms with Gasteiger partial charge in [-0.15, -0.1) is 11.3 Å². The van der Waals surface area contributed by atoms with Gasteiger partial charge < -0.3 is 4.98 Å². The predicted octanol–water partition coefficient (Wildman–Crippen LogP) is 2.07. The maximum absolute atomic E-state index is 12.6. The monoisotopic (exact) mass is 411 g/mol. The molecular weight excluding hydrogens is 394 g/mol. The van der Waals surface area contributed by atoms with E-state index >= 15 is 0 Å².